The Morgan fingerprint density at radius 1 is 1.08 bits per heavy atom. The van der Waals surface area contributed by atoms with E-state index in [1.165, 1.54) is 50.6 Å². The quantitative estimate of drug-likeness (QED) is 0.741. The highest BCUT2D eigenvalue weighted by atomic mass is 35.5. The van der Waals surface area contributed by atoms with E-state index in [-0.39, 0.29) is 27.8 Å². The van der Waals surface area contributed by atoms with E-state index in [1.54, 1.807) is 6.07 Å². The molecular weight excluding hydrogens is 371 g/mol. The summed E-state index contributed by atoms with van der Waals surface area (Å²) in [6, 6.07) is 9.81. The number of carbonyl (C=O) groups is 1. The SMILES string of the molecule is COc1cc(NC(=O)/C=C(/c2ccccc2)C(F)(F)F)c(OC)cc1Cl. The van der Waals surface area contributed by atoms with Crippen LogP contribution in [0.4, 0.5) is 18.9 Å². The van der Waals surface area contributed by atoms with Crippen LogP contribution in [0.25, 0.3) is 5.57 Å². The van der Waals surface area contributed by atoms with Gasteiger partial charge in [-0.05, 0) is 5.56 Å². The molecular formula is C18H15ClF3NO3. The minimum atomic E-state index is -4.69. The first-order chi connectivity index (χ1) is 12.3. The third-order valence-corrected chi connectivity index (χ3v) is 3.69. The summed E-state index contributed by atoms with van der Waals surface area (Å²) < 4.78 is 50.1. The summed E-state index contributed by atoms with van der Waals surface area (Å²) in [7, 11) is 2.71. The summed E-state index contributed by atoms with van der Waals surface area (Å²) in [5, 5.41) is 2.59. The molecule has 1 N–H and O–H groups in total. The Morgan fingerprint density at radius 3 is 2.23 bits per heavy atom. The molecule has 0 radical (unpaired) electrons. The minimum absolute atomic E-state index is 0.115. The van der Waals surface area contributed by atoms with Crippen molar-refractivity contribution >= 4 is 28.8 Å². The number of hydrogen-bond donors (Lipinski definition) is 1. The Kier molecular flexibility index (Phi) is 6.15. The number of anilines is 1. The summed E-state index contributed by atoms with van der Waals surface area (Å²) in [5.41, 5.74) is -1.05. The van der Waals surface area contributed by atoms with E-state index in [4.69, 9.17) is 21.1 Å². The molecule has 2 aromatic carbocycles. The molecule has 26 heavy (non-hydrogen) atoms. The monoisotopic (exact) mass is 385 g/mol. The molecule has 0 bridgehead atoms. The van der Waals surface area contributed by atoms with Gasteiger partial charge in [0.25, 0.3) is 0 Å². The molecule has 0 aromatic heterocycles. The zero-order chi connectivity index (χ0) is 19.3. The molecule has 0 aliphatic carbocycles. The van der Waals surface area contributed by atoms with Gasteiger partial charge in [0.1, 0.15) is 11.5 Å². The predicted molar refractivity (Wildman–Crippen MR) is 93.7 cm³/mol. The molecule has 2 rings (SSSR count). The highest BCUT2D eigenvalue weighted by molar-refractivity contribution is 6.32. The molecule has 0 unspecified atom stereocenters. The van der Waals surface area contributed by atoms with Gasteiger partial charge in [-0.15, -0.1) is 0 Å². The van der Waals surface area contributed by atoms with Crippen molar-refractivity contribution in [3.05, 3.63) is 59.1 Å². The van der Waals surface area contributed by atoms with Gasteiger partial charge in [-0.25, -0.2) is 0 Å². The van der Waals surface area contributed by atoms with E-state index < -0.39 is 17.7 Å². The summed E-state index contributed by atoms with van der Waals surface area (Å²) in [6.45, 7) is 0. The highest BCUT2D eigenvalue weighted by Crippen LogP contribution is 2.37. The Morgan fingerprint density at radius 2 is 1.69 bits per heavy atom. The summed E-state index contributed by atoms with van der Waals surface area (Å²) >= 11 is 5.96. The van der Waals surface area contributed by atoms with Crippen LogP contribution in [0.5, 0.6) is 11.5 Å². The van der Waals surface area contributed by atoms with Crippen molar-refractivity contribution in [3.8, 4) is 11.5 Å². The van der Waals surface area contributed by atoms with E-state index in [2.05, 4.69) is 5.32 Å². The van der Waals surface area contributed by atoms with Gasteiger partial charge in [0.15, 0.2) is 0 Å². The van der Waals surface area contributed by atoms with Crippen LogP contribution in [-0.2, 0) is 4.79 Å². The molecule has 1 amide bonds. The molecule has 0 atom stereocenters. The van der Waals surface area contributed by atoms with E-state index in [9.17, 15) is 18.0 Å². The van der Waals surface area contributed by atoms with Crippen LogP contribution in [0.2, 0.25) is 5.02 Å². The number of methoxy groups -OCH3 is 2. The molecule has 0 saturated heterocycles. The first-order valence-corrected chi connectivity index (χ1v) is 7.71. The lowest BCUT2D eigenvalue weighted by atomic mass is 10.1. The molecule has 4 nitrogen and oxygen atoms in total. The van der Waals surface area contributed by atoms with Crippen LogP contribution in [-0.4, -0.2) is 26.3 Å². The third kappa shape index (κ3) is 4.70. The molecule has 0 aliphatic rings. The van der Waals surface area contributed by atoms with Crippen LogP contribution < -0.4 is 14.8 Å². The molecule has 0 fully saturated rings. The largest absolute Gasteiger partial charge is 0.495 e. The highest BCUT2D eigenvalue weighted by Gasteiger charge is 2.35. The lowest BCUT2D eigenvalue weighted by Gasteiger charge is -2.14. The zero-order valence-electron chi connectivity index (χ0n) is 13.9. The van der Waals surface area contributed by atoms with Gasteiger partial charge in [-0.3, -0.25) is 4.79 Å². The van der Waals surface area contributed by atoms with Gasteiger partial charge >= 0.3 is 6.18 Å². The topological polar surface area (TPSA) is 47.6 Å². The van der Waals surface area contributed by atoms with Gasteiger partial charge in [0, 0.05) is 18.2 Å². The van der Waals surface area contributed by atoms with Crippen LogP contribution in [0, 0.1) is 0 Å². The maximum absolute atomic E-state index is 13.3. The summed E-state index contributed by atoms with van der Waals surface area (Å²) in [4.78, 5) is 12.2. The Bertz CT molecular complexity index is 820. The number of alkyl halides is 3. The number of amides is 1. The average molecular weight is 386 g/mol. The maximum Gasteiger partial charge on any atom is 0.417 e. The molecule has 138 valence electrons. The average Bonchev–Trinajstić information content (AvgIpc) is 2.60. The number of ether oxygens (including phenoxy) is 2. The predicted octanol–water partition coefficient (Wildman–Crippen LogP) is 4.94. The molecule has 0 heterocycles. The Hall–Kier alpha value is -2.67. The number of nitrogens with one attached hydrogen (secondary N) is 1. The van der Waals surface area contributed by atoms with E-state index in [1.807, 2.05) is 0 Å². The molecule has 2 aromatic rings. The second-order valence-corrected chi connectivity index (χ2v) is 5.51. The number of carbonyl (C=O) groups excluding carboxylic acids is 1. The number of hydrogen-bond acceptors (Lipinski definition) is 3. The normalized spacial score (nSPS) is 11.8. The van der Waals surface area contributed by atoms with Crippen LogP contribution in [0.3, 0.4) is 0 Å². The van der Waals surface area contributed by atoms with E-state index in [0.717, 1.165) is 0 Å². The van der Waals surface area contributed by atoms with Gasteiger partial charge in [-0.1, -0.05) is 41.9 Å². The lowest BCUT2D eigenvalue weighted by Crippen LogP contribution is -2.16. The first-order valence-electron chi connectivity index (χ1n) is 7.33. The van der Waals surface area contributed by atoms with Crippen LogP contribution in [0.15, 0.2) is 48.5 Å². The van der Waals surface area contributed by atoms with Crippen LogP contribution >= 0.6 is 11.6 Å². The van der Waals surface area contributed by atoms with Crippen molar-refractivity contribution in [1.82, 2.24) is 0 Å². The molecule has 0 saturated carbocycles. The molecule has 0 aliphatic heterocycles. The maximum atomic E-state index is 13.3. The summed E-state index contributed by atoms with van der Waals surface area (Å²) in [6.07, 6.45) is -4.20. The Balaban J connectivity index is 2.38. The van der Waals surface area contributed by atoms with Gasteiger partial charge < -0.3 is 14.8 Å². The van der Waals surface area contributed by atoms with Gasteiger partial charge in [0.2, 0.25) is 5.91 Å². The summed E-state index contributed by atoms with van der Waals surface area (Å²) in [5.74, 6) is -0.541. The van der Waals surface area contributed by atoms with Crippen LogP contribution in [0.1, 0.15) is 5.56 Å². The second kappa shape index (κ2) is 8.14. The fourth-order valence-electron chi connectivity index (χ4n) is 2.20. The Labute approximate surface area is 153 Å². The van der Waals surface area contributed by atoms with Crippen molar-refractivity contribution in [2.45, 2.75) is 6.18 Å². The van der Waals surface area contributed by atoms with Crippen molar-refractivity contribution in [2.75, 3.05) is 19.5 Å². The van der Waals surface area contributed by atoms with Gasteiger partial charge in [0.05, 0.1) is 30.5 Å². The fourth-order valence-corrected chi connectivity index (χ4v) is 2.44. The number of halogens is 4. The van der Waals surface area contributed by atoms with Gasteiger partial charge in [-0.2, -0.15) is 13.2 Å². The van der Waals surface area contributed by atoms with Crippen molar-refractivity contribution in [2.24, 2.45) is 0 Å². The lowest BCUT2D eigenvalue weighted by molar-refractivity contribution is -0.112. The third-order valence-electron chi connectivity index (χ3n) is 3.40. The first kappa shape index (κ1) is 19.7. The standard InChI is InChI=1S/C18H15ClF3NO3/c1-25-15-10-14(16(26-2)9-13(15)19)23-17(24)8-12(18(20,21)22)11-6-4-3-5-7-11/h3-10H,1-2H3,(H,23,24)/b12-8-. The molecule has 0 spiro atoms. The zero-order valence-corrected chi connectivity index (χ0v) is 14.6. The van der Waals surface area contributed by atoms with Crippen molar-refractivity contribution in [3.63, 3.8) is 0 Å². The van der Waals surface area contributed by atoms with Crippen molar-refractivity contribution < 1.29 is 27.4 Å². The molecule has 8 heteroatoms. The fraction of sp³-hybridized carbons (Fsp3) is 0.167. The van der Waals surface area contributed by atoms with Crippen molar-refractivity contribution in [1.29, 1.82) is 0 Å². The van der Waals surface area contributed by atoms with E-state index in [0.29, 0.717) is 6.08 Å². The van der Waals surface area contributed by atoms with E-state index >= 15 is 0 Å². The smallest absolute Gasteiger partial charge is 0.417 e. The second-order valence-electron chi connectivity index (χ2n) is 5.10. The minimum Gasteiger partial charge on any atom is -0.495 e. The number of allylic oxidation sites excluding steroid dienone is 1. The number of rotatable bonds is 5. The number of benzene rings is 2.